The Bertz CT molecular complexity index is 1150. The van der Waals surface area contributed by atoms with E-state index in [2.05, 4.69) is 4.98 Å². The van der Waals surface area contributed by atoms with Gasteiger partial charge in [-0.1, -0.05) is 46.7 Å². The number of amides is 1. The second kappa shape index (κ2) is 10.7. The number of hydrogen-bond donors (Lipinski definition) is 0. The van der Waals surface area contributed by atoms with Gasteiger partial charge in [0.1, 0.15) is 11.3 Å². The molecule has 0 unspecified atom stereocenters. The molecule has 0 fully saturated rings. The molecule has 0 spiro atoms. The average Bonchev–Trinajstić information content (AvgIpc) is 3.10. The van der Waals surface area contributed by atoms with E-state index in [1.54, 1.807) is 18.2 Å². The van der Waals surface area contributed by atoms with Crippen molar-refractivity contribution in [1.29, 1.82) is 0 Å². The summed E-state index contributed by atoms with van der Waals surface area (Å²) < 4.78 is 26.5. The van der Waals surface area contributed by atoms with Crippen molar-refractivity contribution >= 4 is 66.4 Å². The number of benzene rings is 2. The zero-order chi connectivity index (χ0) is 21.9. The maximum Gasteiger partial charge on any atom is 0.244 e. The van der Waals surface area contributed by atoms with Crippen LogP contribution in [0.2, 0.25) is 5.02 Å². The normalized spacial score (nSPS) is 11.5. The van der Waals surface area contributed by atoms with Crippen LogP contribution in [0, 0.1) is 6.92 Å². The first-order valence-corrected chi connectivity index (χ1v) is 12.3. The first-order chi connectivity index (χ1) is 14.2. The number of anilines is 1. The Labute approximate surface area is 198 Å². The van der Waals surface area contributed by atoms with Crippen LogP contribution < -0.4 is 4.90 Å². The number of para-hydroxylation sites is 1. The fraction of sp³-hybridized carbons (Fsp3) is 0.333. The van der Waals surface area contributed by atoms with E-state index in [4.69, 9.17) is 11.6 Å². The summed E-state index contributed by atoms with van der Waals surface area (Å²) in [4.78, 5) is 21.3. The Morgan fingerprint density at radius 1 is 1.10 bits per heavy atom. The largest absolute Gasteiger partial charge is 0.309 e. The van der Waals surface area contributed by atoms with Gasteiger partial charge >= 0.3 is 0 Å². The number of hydrogen-bond acceptors (Lipinski definition) is 6. The fourth-order valence-corrected chi connectivity index (χ4v) is 5.47. The molecule has 6 nitrogen and oxygen atoms in total. The molecular weight excluding hydrogens is 477 g/mol. The summed E-state index contributed by atoms with van der Waals surface area (Å²) >= 11 is 7.57. The molecule has 1 aromatic heterocycles. The number of halogens is 2. The van der Waals surface area contributed by atoms with E-state index in [0.29, 0.717) is 28.6 Å². The summed E-state index contributed by atoms with van der Waals surface area (Å²) in [5, 5.41) is 0.962. The predicted molar refractivity (Wildman–Crippen MR) is 131 cm³/mol. The van der Waals surface area contributed by atoms with Crippen LogP contribution in [0.1, 0.15) is 12.0 Å². The van der Waals surface area contributed by atoms with Crippen LogP contribution >= 0.6 is 35.3 Å². The molecule has 0 atom stereocenters. The molecule has 31 heavy (non-hydrogen) atoms. The van der Waals surface area contributed by atoms with Crippen molar-refractivity contribution in [1.82, 2.24) is 9.88 Å². The molecule has 3 rings (SSSR count). The molecule has 0 N–H and O–H groups in total. The highest BCUT2D eigenvalue weighted by molar-refractivity contribution is 7.92. The van der Waals surface area contributed by atoms with E-state index < -0.39 is 21.5 Å². The molecule has 2 aromatic carbocycles. The van der Waals surface area contributed by atoms with Gasteiger partial charge in [-0.25, -0.2) is 13.4 Å². The van der Waals surface area contributed by atoms with Crippen molar-refractivity contribution in [2.24, 2.45) is 0 Å². The molecular formula is C21H25Cl2N3O3S2. The third-order valence-corrected chi connectivity index (χ3v) is 7.54. The minimum absolute atomic E-state index is 0. The molecule has 0 bridgehead atoms. The fourth-order valence-electron chi connectivity index (χ4n) is 2.96. The second-order valence-corrected chi connectivity index (χ2v) is 10.8. The minimum atomic E-state index is -3.76. The van der Waals surface area contributed by atoms with Crippen molar-refractivity contribution in [3.8, 4) is 0 Å². The maximum atomic E-state index is 13.1. The highest BCUT2D eigenvalue weighted by Gasteiger charge is 2.26. The summed E-state index contributed by atoms with van der Waals surface area (Å²) in [7, 11) is 0.140. The van der Waals surface area contributed by atoms with Gasteiger partial charge in [-0.05, 0) is 58.3 Å². The molecule has 1 amide bonds. The predicted octanol–water partition coefficient (Wildman–Crippen LogP) is 4.44. The van der Waals surface area contributed by atoms with Crippen LogP contribution in [0.4, 0.5) is 5.13 Å². The van der Waals surface area contributed by atoms with E-state index in [-0.39, 0.29) is 17.3 Å². The highest BCUT2D eigenvalue weighted by atomic mass is 35.5. The third-order valence-electron chi connectivity index (χ3n) is 4.57. The number of fused-ring (bicyclic) bond motifs is 1. The Morgan fingerprint density at radius 3 is 2.39 bits per heavy atom. The summed E-state index contributed by atoms with van der Waals surface area (Å²) in [6, 6.07) is 12.0. The molecule has 0 radical (unpaired) electrons. The van der Waals surface area contributed by atoms with E-state index >= 15 is 0 Å². The topological polar surface area (TPSA) is 70.6 Å². The lowest BCUT2D eigenvalue weighted by Crippen LogP contribution is -2.37. The van der Waals surface area contributed by atoms with Crippen LogP contribution in [0.15, 0.2) is 47.4 Å². The number of sulfone groups is 1. The molecule has 0 aliphatic carbocycles. The first-order valence-electron chi connectivity index (χ1n) is 9.47. The summed E-state index contributed by atoms with van der Waals surface area (Å²) in [5.74, 6) is -1.11. The maximum absolute atomic E-state index is 13.1. The van der Waals surface area contributed by atoms with Crippen molar-refractivity contribution in [3.63, 3.8) is 0 Å². The molecule has 0 aliphatic rings. The molecule has 0 saturated heterocycles. The number of nitrogens with zero attached hydrogens (tertiary/aromatic N) is 3. The molecule has 3 aromatic rings. The number of carbonyl (C=O) groups excluding carboxylic acids is 1. The van der Waals surface area contributed by atoms with E-state index in [0.717, 1.165) is 16.8 Å². The lowest BCUT2D eigenvalue weighted by Gasteiger charge is -2.21. The quantitative estimate of drug-likeness (QED) is 0.456. The summed E-state index contributed by atoms with van der Waals surface area (Å²) in [6.45, 7) is 3.02. The number of aryl methyl sites for hydroxylation is 1. The van der Waals surface area contributed by atoms with E-state index in [9.17, 15) is 13.2 Å². The smallest absolute Gasteiger partial charge is 0.244 e. The Morgan fingerprint density at radius 2 is 1.77 bits per heavy atom. The van der Waals surface area contributed by atoms with E-state index in [1.807, 2.05) is 38.1 Å². The molecule has 0 saturated carbocycles. The van der Waals surface area contributed by atoms with Crippen molar-refractivity contribution < 1.29 is 13.2 Å². The summed E-state index contributed by atoms with van der Waals surface area (Å²) in [6.07, 6.45) is 0.687. The van der Waals surface area contributed by atoms with Gasteiger partial charge in [0.25, 0.3) is 0 Å². The van der Waals surface area contributed by atoms with Gasteiger partial charge in [-0.15, -0.1) is 12.4 Å². The van der Waals surface area contributed by atoms with Crippen molar-refractivity contribution in [3.05, 3.63) is 53.1 Å². The third kappa shape index (κ3) is 6.40. The van der Waals surface area contributed by atoms with Crippen LogP contribution in [0.3, 0.4) is 0 Å². The first kappa shape index (κ1) is 25.5. The minimum Gasteiger partial charge on any atom is -0.309 e. The highest BCUT2D eigenvalue weighted by Crippen LogP contribution is 2.33. The van der Waals surface area contributed by atoms with Crippen molar-refractivity contribution in [2.45, 2.75) is 18.2 Å². The number of thiazole rings is 1. The lowest BCUT2D eigenvalue weighted by atomic mass is 10.2. The molecule has 1 heterocycles. The van der Waals surface area contributed by atoms with Crippen LogP contribution in [0.25, 0.3) is 10.2 Å². The second-order valence-electron chi connectivity index (χ2n) is 7.36. The van der Waals surface area contributed by atoms with Gasteiger partial charge < -0.3 is 4.90 Å². The van der Waals surface area contributed by atoms with Gasteiger partial charge in [-0.2, -0.15) is 0 Å². The van der Waals surface area contributed by atoms with Crippen LogP contribution in [0.5, 0.6) is 0 Å². The molecule has 0 aliphatic heterocycles. The monoisotopic (exact) mass is 501 g/mol. The molecule has 10 heteroatoms. The zero-order valence-electron chi connectivity index (χ0n) is 17.5. The van der Waals surface area contributed by atoms with Gasteiger partial charge in [0, 0.05) is 6.54 Å². The number of carbonyl (C=O) groups is 1. The SMILES string of the molecule is Cc1ccc(S(=O)(=O)CC(=O)N(CCCN(C)C)c2nc3c(Cl)cccc3s2)cc1.Cl. The van der Waals surface area contributed by atoms with Gasteiger partial charge in [0.05, 0.1) is 14.6 Å². The Kier molecular flexibility index (Phi) is 8.85. The van der Waals surface area contributed by atoms with Crippen LogP contribution in [-0.4, -0.2) is 57.1 Å². The Hall–Kier alpha value is -1.71. The standard InChI is InChI=1S/C21H24ClN3O3S2.ClH/c1-15-8-10-16(11-9-15)30(27,28)14-19(26)25(13-5-12-24(2)3)21-23-20-17(22)6-4-7-18(20)29-21;/h4,6-11H,5,12-14H2,1-3H3;1H. The van der Waals surface area contributed by atoms with Crippen LogP contribution in [-0.2, 0) is 14.6 Å². The van der Waals surface area contributed by atoms with Gasteiger partial charge in [0.15, 0.2) is 15.0 Å². The lowest BCUT2D eigenvalue weighted by molar-refractivity contribution is -0.116. The van der Waals surface area contributed by atoms with E-state index in [1.165, 1.54) is 28.4 Å². The number of rotatable bonds is 8. The van der Waals surface area contributed by atoms with Gasteiger partial charge in [-0.3, -0.25) is 9.69 Å². The molecule has 168 valence electrons. The van der Waals surface area contributed by atoms with Gasteiger partial charge in [0.2, 0.25) is 5.91 Å². The average molecular weight is 502 g/mol. The summed E-state index contributed by atoms with van der Waals surface area (Å²) in [5.41, 5.74) is 1.57. The number of aromatic nitrogens is 1. The van der Waals surface area contributed by atoms with Crippen molar-refractivity contribution in [2.75, 3.05) is 37.8 Å². The zero-order valence-corrected chi connectivity index (χ0v) is 20.7. The Balaban J connectivity index is 0.00000341.